The van der Waals surface area contributed by atoms with E-state index in [4.69, 9.17) is 4.74 Å². The van der Waals surface area contributed by atoms with Gasteiger partial charge in [0, 0.05) is 18.5 Å². The number of rotatable bonds is 3. The summed E-state index contributed by atoms with van der Waals surface area (Å²) >= 11 is 0. The van der Waals surface area contributed by atoms with Gasteiger partial charge in [0.2, 0.25) is 5.91 Å². The van der Waals surface area contributed by atoms with Crippen molar-refractivity contribution in [3.05, 3.63) is 35.9 Å². The van der Waals surface area contributed by atoms with E-state index in [9.17, 15) is 9.59 Å². The van der Waals surface area contributed by atoms with Crippen molar-refractivity contribution in [2.45, 2.75) is 77.0 Å². The van der Waals surface area contributed by atoms with Crippen molar-refractivity contribution in [1.82, 2.24) is 20.2 Å². The maximum absolute atomic E-state index is 12.1. The maximum Gasteiger partial charge on any atom is 0.407 e. The summed E-state index contributed by atoms with van der Waals surface area (Å²) in [5.41, 5.74) is 2.66. The van der Waals surface area contributed by atoms with Crippen LogP contribution in [0.4, 0.5) is 4.79 Å². The monoisotopic (exact) mass is 386 g/mol. The highest BCUT2D eigenvalue weighted by atomic mass is 16.6. The van der Waals surface area contributed by atoms with E-state index in [0.717, 1.165) is 43.5 Å². The van der Waals surface area contributed by atoms with Crippen molar-refractivity contribution in [3.63, 3.8) is 0 Å². The first-order chi connectivity index (χ1) is 13.3. The lowest BCUT2D eigenvalue weighted by Gasteiger charge is -2.33. The zero-order valence-corrected chi connectivity index (χ0v) is 17.0. The summed E-state index contributed by atoms with van der Waals surface area (Å²) < 4.78 is 5.40. The van der Waals surface area contributed by atoms with Gasteiger partial charge in [-0.3, -0.25) is 4.79 Å². The summed E-state index contributed by atoms with van der Waals surface area (Å²) in [5.74, 6) is 0.220. The molecule has 28 heavy (non-hydrogen) atoms. The Morgan fingerprint density at radius 3 is 2.82 bits per heavy atom. The molecule has 2 amide bonds. The molecular weight excluding hydrogens is 356 g/mol. The number of alkyl carbamates (subject to hydrolysis) is 1. The predicted octanol–water partition coefficient (Wildman–Crippen LogP) is 3.10. The Morgan fingerprint density at radius 1 is 1.32 bits per heavy atom. The summed E-state index contributed by atoms with van der Waals surface area (Å²) in [6.45, 7) is 10.3. The normalized spacial score (nSPS) is 22.2. The Bertz CT molecular complexity index is 757. The topological polar surface area (TPSA) is 84.4 Å². The first-order valence-corrected chi connectivity index (χ1v) is 10.0. The molecule has 2 aliphatic rings. The molecule has 1 saturated carbocycles. The Kier molecular flexibility index (Phi) is 6.01. The van der Waals surface area contributed by atoms with Gasteiger partial charge in [-0.15, -0.1) is 0 Å². The third kappa shape index (κ3) is 4.88. The molecule has 2 unspecified atom stereocenters. The molecule has 1 aliphatic carbocycles. The van der Waals surface area contributed by atoms with Gasteiger partial charge in [-0.25, -0.2) is 14.8 Å². The van der Waals surface area contributed by atoms with Crippen molar-refractivity contribution >= 4 is 12.0 Å². The fourth-order valence-corrected chi connectivity index (χ4v) is 4.09. The average molecular weight is 386 g/mol. The Balaban J connectivity index is 1.70. The molecule has 1 aromatic heterocycles. The lowest BCUT2D eigenvalue weighted by molar-refractivity contribution is -0.126. The van der Waals surface area contributed by atoms with Gasteiger partial charge in [0.05, 0.1) is 17.9 Å². The van der Waals surface area contributed by atoms with E-state index >= 15 is 0 Å². The Labute approximate surface area is 166 Å². The zero-order chi connectivity index (χ0) is 20.3. The van der Waals surface area contributed by atoms with Gasteiger partial charge in [-0.2, -0.15) is 0 Å². The first-order valence-electron chi connectivity index (χ1n) is 10.0. The number of ether oxygens (including phenoxy) is 1. The number of nitrogens with zero attached hydrogens (tertiary/aromatic N) is 3. The number of carbonyl (C=O) groups excluding carboxylic acids is 2. The third-order valence-corrected chi connectivity index (χ3v) is 5.31. The van der Waals surface area contributed by atoms with Gasteiger partial charge in [0.25, 0.3) is 0 Å². The fourth-order valence-electron chi connectivity index (χ4n) is 4.09. The van der Waals surface area contributed by atoms with Crippen LogP contribution in [-0.2, 0) is 22.5 Å². The van der Waals surface area contributed by atoms with Crippen LogP contribution in [0.2, 0.25) is 0 Å². The molecule has 2 atom stereocenters. The molecule has 0 bridgehead atoms. The van der Waals surface area contributed by atoms with Gasteiger partial charge >= 0.3 is 6.09 Å². The Morgan fingerprint density at radius 2 is 2.11 bits per heavy atom. The number of fused-ring (bicyclic) bond motifs is 1. The standard InChI is InChI=1S/C21H30N4O3/c1-5-18(26)25-10-9-16-17(12-25)22-13-23-19(16)14-7-6-8-15(11-14)24-20(27)28-21(2,3)4/h5,13-15H,1,6-12H2,2-4H3,(H,24,27). The van der Waals surface area contributed by atoms with E-state index in [0.29, 0.717) is 13.1 Å². The Hall–Kier alpha value is -2.44. The smallest absolute Gasteiger partial charge is 0.407 e. The van der Waals surface area contributed by atoms with Gasteiger partial charge in [0.1, 0.15) is 11.9 Å². The summed E-state index contributed by atoms with van der Waals surface area (Å²) in [6.07, 6.45) is 7.22. The van der Waals surface area contributed by atoms with E-state index < -0.39 is 5.60 Å². The molecule has 1 fully saturated rings. The third-order valence-electron chi connectivity index (χ3n) is 5.31. The predicted molar refractivity (Wildman–Crippen MR) is 106 cm³/mol. The molecule has 1 aliphatic heterocycles. The molecule has 152 valence electrons. The molecule has 1 aromatic rings. The minimum Gasteiger partial charge on any atom is -0.444 e. The molecule has 7 heteroatoms. The molecule has 2 heterocycles. The van der Waals surface area contributed by atoms with Crippen molar-refractivity contribution in [1.29, 1.82) is 0 Å². The summed E-state index contributed by atoms with van der Waals surface area (Å²) in [4.78, 5) is 34.8. The number of carbonyl (C=O) groups is 2. The van der Waals surface area contributed by atoms with Crippen molar-refractivity contribution in [2.75, 3.05) is 6.54 Å². The number of hydrogen-bond acceptors (Lipinski definition) is 5. The zero-order valence-electron chi connectivity index (χ0n) is 17.0. The van der Waals surface area contributed by atoms with Crippen molar-refractivity contribution in [3.8, 4) is 0 Å². The average Bonchev–Trinajstić information content (AvgIpc) is 2.65. The van der Waals surface area contributed by atoms with Crippen LogP contribution in [0.5, 0.6) is 0 Å². The molecule has 1 N–H and O–H groups in total. The largest absolute Gasteiger partial charge is 0.444 e. The number of amides is 2. The minimum atomic E-state index is -0.501. The molecule has 0 aromatic carbocycles. The fraction of sp³-hybridized carbons (Fsp3) is 0.619. The van der Waals surface area contributed by atoms with E-state index in [1.165, 1.54) is 11.6 Å². The molecule has 0 radical (unpaired) electrons. The van der Waals surface area contributed by atoms with Crippen LogP contribution < -0.4 is 5.32 Å². The van der Waals surface area contributed by atoms with Crippen molar-refractivity contribution in [2.24, 2.45) is 0 Å². The number of hydrogen-bond donors (Lipinski definition) is 1. The second kappa shape index (κ2) is 8.29. The number of aromatic nitrogens is 2. The summed E-state index contributed by atoms with van der Waals surface area (Å²) in [7, 11) is 0. The van der Waals surface area contributed by atoms with Crippen LogP contribution in [0.3, 0.4) is 0 Å². The van der Waals surface area contributed by atoms with Gasteiger partial charge < -0.3 is 15.0 Å². The highest BCUT2D eigenvalue weighted by molar-refractivity contribution is 5.87. The number of nitrogens with one attached hydrogen (secondary N) is 1. The van der Waals surface area contributed by atoms with E-state index in [1.807, 2.05) is 20.8 Å². The SMILES string of the molecule is C=CC(=O)N1CCc2c(ncnc2C2CCCC(NC(=O)OC(C)(C)C)C2)C1. The van der Waals surface area contributed by atoms with Gasteiger partial charge in [-0.1, -0.05) is 13.0 Å². The van der Waals surface area contributed by atoms with Crippen LogP contribution in [0.25, 0.3) is 0 Å². The van der Waals surface area contributed by atoms with Crippen LogP contribution in [-0.4, -0.2) is 45.1 Å². The maximum atomic E-state index is 12.1. The lowest BCUT2D eigenvalue weighted by Crippen LogP contribution is -2.41. The van der Waals surface area contributed by atoms with Crippen LogP contribution in [0.1, 0.15) is 69.3 Å². The highest BCUT2D eigenvalue weighted by Gasteiger charge is 2.31. The molecule has 0 spiro atoms. The second-order valence-electron chi connectivity index (χ2n) is 8.60. The van der Waals surface area contributed by atoms with Gasteiger partial charge in [0.15, 0.2) is 0 Å². The molecule has 3 rings (SSSR count). The van der Waals surface area contributed by atoms with Crippen LogP contribution in [0, 0.1) is 0 Å². The summed E-state index contributed by atoms with van der Waals surface area (Å²) in [5, 5.41) is 3.02. The lowest BCUT2D eigenvalue weighted by atomic mass is 9.81. The van der Waals surface area contributed by atoms with E-state index in [2.05, 4.69) is 21.9 Å². The summed E-state index contributed by atoms with van der Waals surface area (Å²) in [6, 6.07) is 0.0849. The highest BCUT2D eigenvalue weighted by Crippen LogP contribution is 2.35. The molecular formula is C21H30N4O3. The molecule has 0 saturated heterocycles. The van der Waals surface area contributed by atoms with Crippen molar-refractivity contribution < 1.29 is 14.3 Å². The first kappa shape index (κ1) is 20.3. The van der Waals surface area contributed by atoms with Crippen LogP contribution >= 0.6 is 0 Å². The molecule has 7 nitrogen and oxygen atoms in total. The quantitative estimate of drug-likeness (QED) is 0.807. The van der Waals surface area contributed by atoms with Crippen LogP contribution in [0.15, 0.2) is 19.0 Å². The van der Waals surface area contributed by atoms with E-state index in [-0.39, 0.29) is 24.0 Å². The second-order valence-corrected chi connectivity index (χ2v) is 8.60. The minimum absolute atomic E-state index is 0.0647. The van der Waals surface area contributed by atoms with Gasteiger partial charge in [-0.05, 0) is 58.1 Å². The van der Waals surface area contributed by atoms with E-state index in [1.54, 1.807) is 11.2 Å².